The summed E-state index contributed by atoms with van der Waals surface area (Å²) in [5.74, 6) is -0.563. The Labute approximate surface area is 150 Å². The first-order valence-electron chi connectivity index (χ1n) is 7.35. The molecule has 0 radical (unpaired) electrons. The van der Waals surface area contributed by atoms with Crippen molar-refractivity contribution in [1.29, 1.82) is 0 Å². The topological polar surface area (TPSA) is 71.5 Å². The molecule has 1 unspecified atom stereocenters. The standard InChI is InChI=1S/C14H20F3NO4S3/c1-4-24(19,20)18(12-8-6-5-7-9-12)25(21,22)13(23-11(2)3)10-14(15,16)17/h5-9,11,13H,4,10H2,1-3H3. The maximum absolute atomic E-state index is 12.9. The largest absolute Gasteiger partial charge is 0.391 e. The van der Waals surface area contributed by atoms with Gasteiger partial charge < -0.3 is 0 Å². The van der Waals surface area contributed by atoms with Crippen LogP contribution >= 0.6 is 11.8 Å². The van der Waals surface area contributed by atoms with E-state index in [0.717, 1.165) is 0 Å². The Morgan fingerprint density at radius 3 is 2.00 bits per heavy atom. The fourth-order valence-corrected chi connectivity index (χ4v) is 8.10. The molecule has 25 heavy (non-hydrogen) atoms. The van der Waals surface area contributed by atoms with Crippen LogP contribution in [0.4, 0.5) is 18.9 Å². The summed E-state index contributed by atoms with van der Waals surface area (Å²) in [5, 5.41) is -0.441. The number of para-hydroxylation sites is 1. The molecule has 0 heterocycles. The van der Waals surface area contributed by atoms with E-state index in [9.17, 15) is 30.0 Å². The summed E-state index contributed by atoms with van der Waals surface area (Å²) in [6.45, 7) is 4.32. The number of alkyl halides is 3. The van der Waals surface area contributed by atoms with Crippen LogP contribution in [0, 0.1) is 0 Å². The summed E-state index contributed by atoms with van der Waals surface area (Å²) in [5.41, 5.74) is -0.208. The van der Waals surface area contributed by atoms with Gasteiger partial charge in [-0.2, -0.15) is 16.9 Å². The maximum atomic E-state index is 12.9. The van der Waals surface area contributed by atoms with Crippen LogP contribution in [0.25, 0.3) is 0 Å². The third-order valence-corrected chi connectivity index (χ3v) is 9.30. The van der Waals surface area contributed by atoms with Gasteiger partial charge in [-0.3, -0.25) is 0 Å². The number of nitrogens with zero attached hydrogens (tertiary/aromatic N) is 1. The van der Waals surface area contributed by atoms with Crippen molar-refractivity contribution in [3.63, 3.8) is 0 Å². The predicted octanol–water partition coefficient (Wildman–Crippen LogP) is 3.59. The number of hydrogen-bond donors (Lipinski definition) is 0. The van der Waals surface area contributed by atoms with Gasteiger partial charge in [0.1, 0.15) is 4.58 Å². The summed E-state index contributed by atoms with van der Waals surface area (Å²) >= 11 is 0.569. The van der Waals surface area contributed by atoms with Gasteiger partial charge in [0.25, 0.3) is 10.0 Å². The van der Waals surface area contributed by atoms with E-state index in [4.69, 9.17) is 0 Å². The van der Waals surface area contributed by atoms with E-state index in [2.05, 4.69) is 0 Å². The van der Waals surface area contributed by atoms with Crippen LogP contribution in [0.3, 0.4) is 0 Å². The summed E-state index contributed by atoms with van der Waals surface area (Å²) in [4.78, 5) is 0. The van der Waals surface area contributed by atoms with Crippen molar-refractivity contribution in [2.24, 2.45) is 0 Å². The fraction of sp³-hybridized carbons (Fsp3) is 0.571. The van der Waals surface area contributed by atoms with E-state index in [-0.39, 0.29) is 9.40 Å². The molecule has 1 aromatic carbocycles. The Hall–Kier alpha value is -0.940. The van der Waals surface area contributed by atoms with Crippen LogP contribution in [0.2, 0.25) is 0 Å². The highest BCUT2D eigenvalue weighted by atomic mass is 32.3. The normalized spacial score (nSPS) is 14.5. The van der Waals surface area contributed by atoms with Crippen molar-refractivity contribution < 1.29 is 30.0 Å². The summed E-state index contributed by atoms with van der Waals surface area (Å²) in [6.07, 6.45) is -6.39. The van der Waals surface area contributed by atoms with E-state index in [1.807, 2.05) is 0 Å². The zero-order chi connectivity index (χ0) is 19.5. The highest BCUT2D eigenvalue weighted by molar-refractivity contribution is 8.19. The molecule has 0 aliphatic heterocycles. The summed E-state index contributed by atoms with van der Waals surface area (Å²) < 4.78 is 87.3. The van der Waals surface area contributed by atoms with Gasteiger partial charge in [-0.25, -0.2) is 16.8 Å². The lowest BCUT2D eigenvalue weighted by molar-refractivity contribution is -0.131. The first kappa shape index (κ1) is 22.1. The molecule has 0 aromatic heterocycles. The first-order chi connectivity index (χ1) is 11.3. The molecule has 5 nitrogen and oxygen atoms in total. The monoisotopic (exact) mass is 419 g/mol. The predicted molar refractivity (Wildman–Crippen MR) is 94.5 cm³/mol. The molecule has 0 aliphatic rings. The van der Waals surface area contributed by atoms with Crippen LogP contribution in [0.1, 0.15) is 27.2 Å². The minimum absolute atomic E-state index is 0.131. The van der Waals surface area contributed by atoms with Crippen molar-refractivity contribution in [3.8, 4) is 0 Å². The van der Waals surface area contributed by atoms with Gasteiger partial charge in [-0.15, -0.1) is 11.8 Å². The first-order valence-corrected chi connectivity index (χ1v) is 11.4. The van der Waals surface area contributed by atoms with Crippen LogP contribution in [0.15, 0.2) is 30.3 Å². The number of thioether (sulfide) groups is 1. The third kappa shape index (κ3) is 6.07. The lowest BCUT2D eigenvalue weighted by atomic mass is 10.3. The molecule has 144 valence electrons. The fourth-order valence-electron chi connectivity index (χ4n) is 1.96. The molecule has 0 N–H and O–H groups in total. The Kier molecular flexibility index (Phi) is 7.22. The van der Waals surface area contributed by atoms with Gasteiger partial charge >= 0.3 is 6.18 Å². The number of anilines is 1. The molecule has 1 atom stereocenters. The van der Waals surface area contributed by atoms with Gasteiger partial charge in [0, 0.05) is 5.25 Å². The lowest BCUT2D eigenvalue weighted by Crippen LogP contribution is -2.44. The zero-order valence-corrected chi connectivity index (χ0v) is 16.3. The molecule has 0 bridgehead atoms. The van der Waals surface area contributed by atoms with Gasteiger partial charge in [0.15, 0.2) is 0 Å². The molecular weight excluding hydrogens is 399 g/mol. The van der Waals surface area contributed by atoms with Crippen LogP contribution in [-0.2, 0) is 20.0 Å². The van der Waals surface area contributed by atoms with Crippen molar-refractivity contribution in [2.75, 3.05) is 9.46 Å². The van der Waals surface area contributed by atoms with Crippen LogP contribution in [-0.4, -0.2) is 38.6 Å². The second-order valence-electron chi connectivity index (χ2n) is 5.41. The number of hydrogen-bond acceptors (Lipinski definition) is 5. The smallest absolute Gasteiger partial charge is 0.205 e. The lowest BCUT2D eigenvalue weighted by Gasteiger charge is -2.29. The van der Waals surface area contributed by atoms with Crippen molar-refractivity contribution in [3.05, 3.63) is 30.3 Å². The molecule has 1 rings (SSSR count). The zero-order valence-electron chi connectivity index (χ0n) is 13.9. The molecule has 0 spiro atoms. The van der Waals surface area contributed by atoms with Gasteiger partial charge in [-0.05, 0) is 19.1 Å². The Balaban J connectivity index is 3.52. The average molecular weight is 420 g/mol. The molecule has 1 aromatic rings. The number of halogens is 3. The second-order valence-corrected chi connectivity index (χ2v) is 11.8. The van der Waals surface area contributed by atoms with E-state index in [1.165, 1.54) is 31.2 Å². The minimum Gasteiger partial charge on any atom is -0.205 e. The SMILES string of the molecule is CCS(=O)(=O)N(c1ccccc1)S(=O)(=O)C(CC(F)(F)F)SC(C)C. The molecule has 11 heteroatoms. The summed E-state index contributed by atoms with van der Waals surface area (Å²) in [6, 6.07) is 6.84. The van der Waals surface area contributed by atoms with E-state index in [1.54, 1.807) is 19.9 Å². The minimum atomic E-state index is -4.83. The molecular formula is C14H20F3NO4S3. The third-order valence-electron chi connectivity index (χ3n) is 2.97. The highest BCUT2D eigenvalue weighted by Crippen LogP contribution is 2.37. The Bertz CT molecular complexity index is 762. The average Bonchev–Trinajstić information content (AvgIpc) is 2.45. The highest BCUT2D eigenvalue weighted by Gasteiger charge is 2.45. The molecule has 0 amide bonds. The van der Waals surface area contributed by atoms with Crippen LogP contribution < -0.4 is 3.71 Å². The van der Waals surface area contributed by atoms with Gasteiger partial charge in [0.2, 0.25) is 10.0 Å². The van der Waals surface area contributed by atoms with Crippen molar-refractivity contribution in [1.82, 2.24) is 0 Å². The van der Waals surface area contributed by atoms with Crippen molar-refractivity contribution in [2.45, 2.75) is 43.2 Å². The van der Waals surface area contributed by atoms with Crippen molar-refractivity contribution >= 4 is 37.5 Å². The Morgan fingerprint density at radius 1 is 1.08 bits per heavy atom. The number of benzene rings is 1. The van der Waals surface area contributed by atoms with Gasteiger partial charge in [-0.1, -0.05) is 32.0 Å². The molecule has 0 fully saturated rings. The molecule has 0 saturated heterocycles. The Morgan fingerprint density at radius 2 is 1.60 bits per heavy atom. The summed E-state index contributed by atoms with van der Waals surface area (Å²) in [7, 11) is -9.17. The molecule has 0 aliphatic carbocycles. The van der Waals surface area contributed by atoms with E-state index >= 15 is 0 Å². The second kappa shape index (κ2) is 8.17. The quantitative estimate of drug-likeness (QED) is 0.644. The van der Waals surface area contributed by atoms with E-state index < -0.39 is 48.2 Å². The number of sulfonamides is 2. The maximum Gasteiger partial charge on any atom is 0.391 e. The van der Waals surface area contributed by atoms with Gasteiger partial charge in [0.05, 0.1) is 17.9 Å². The van der Waals surface area contributed by atoms with E-state index in [0.29, 0.717) is 11.8 Å². The molecule has 0 saturated carbocycles. The number of rotatable bonds is 8. The van der Waals surface area contributed by atoms with Crippen LogP contribution in [0.5, 0.6) is 0 Å².